The molecule has 0 atom stereocenters. The van der Waals surface area contributed by atoms with Crippen molar-refractivity contribution >= 4 is 12.8 Å². The molecule has 0 aliphatic carbocycles. The van der Waals surface area contributed by atoms with Gasteiger partial charge in [0.25, 0.3) is 0 Å². The van der Waals surface area contributed by atoms with Crippen molar-refractivity contribution in [2.24, 2.45) is 0 Å². The van der Waals surface area contributed by atoms with Crippen LogP contribution < -0.4 is 0 Å². The minimum atomic E-state index is 0.846. The lowest BCUT2D eigenvalue weighted by atomic mass is 10.3. The summed E-state index contributed by atoms with van der Waals surface area (Å²) in [4.78, 5) is 8.00. The second-order valence-corrected chi connectivity index (χ2v) is 2.39. The van der Waals surface area contributed by atoms with Crippen molar-refractivity contribution in [2.45, 2.75) is 0 Å². The molecule has 0 unspecified atom stereocenters. The van der Waals surface area contributed by atoms with Crippen molar-refractivity contribution in [1.82, 2.24) is 13.9 Å². The van der Waals surface area contributed by atoms with Gasteiger partial charge in [-0.3, -0.25) is 3.97 Å². The fourth-order valence-corrected chi connectivity index (χ4v) is 1.09. The maximum Gasteiger partial charge on any atom is 0.152 e. The van der Waals surface area contributed by atoms with E-state index in [1.54, 1.807) is 22.7 Å². The van der Waals surface area contributed by atoms with E-state index in [1.807, 2.05) is 6.07 Å². The van der Waals surface area contributed by atoms with Crippen molar-refractivity contribution in [1.29, 1.82) is 0 Å². The van der Waals surface area contributed by atoms with Crippen LogP contribution in [0, 0.1) is 0 Å². The third-order valence-electron chi connectivity index (χ3n) is 1.32. The molecule has 0 saturated heterocycles. The van der Waals surface area contributed by atoms with Crippen LogP contribution in [-0.4, -0.2) is 13.9 Å². The minimum absolute atomic E-state index is 0.846. The van der Waals surface area contributed by atoms with E-state index in [2.05, 4.69) is 22.8 Å². The van der Waals surface area contributed by atoms with Gasteiger partial charge in [-0.15, -0.1) is 0 Å². The third kappa shape index (κ3) is 0.690. The fourth-order valence-electron chi connectivity index (χ4n) is 0.861. The molecule has 2 heterocycles. The smallest absolute Gasteiger partial charge is 0.152 e. The van der Waals surface area contributed by atoms with E-state index in [0.717, 1.165) is 11.4 Å². The summed E-state index contributed by atoms with van der Waals surface area (Å²) in [5, 5.41) is 0. The Hall–Kier alpha value is -1.03. The van der Waals surface area contributed by atoms with E-state index in [0.29, 0.717) is 0 Å². The molecule has 3 nitrogen and oxygen atoms in total. The van der Waals surface area contributed by atoms with E-state index in [1.165, 1.54) is 0 Å². The van der Waals surface area contributed by atoms with Crippen LogP contribution >= 0.6 is 12.8 Å². The molecule has 0 fully saturated rings. The Bertz CT molecular complexity index is 317. The lowest BCUT2D eigenvalue weighted by Crippen LogP contribution is -1.91. The molecule has 0 N–H and O–H groups in total. The molecule has 2 aliphatic heterocycles. The average Bonchev–Trinajstić information content (AvgIpc) is 2.36. The van der Waals surface area contributed by atoms with Crippen molar-refractivity contribution in [3.63, 3.8) is 0 Å². The Morgan fingerprint density at radius 2 is 2.40 bits per heavy atom. The van der Waals surface area contributed by atoms with Crippen LogP contribution in [0.3, 0.4) is 0 Å². The van der Waals surface area contributed by atoms with E-state index in [9.17, 15) is 0 Å². The number of fused-ring (bicyclic) bond motifs is 1. The lowest BCUT2D eigenvalue weighted by molar-refractivity contribution is 1.08. The molecule has 0 bridgehead atoms. The monoisotopic (exact) mass is 151 g/mol. The standard InChI is InChI=1S/C6H5N3S/c10-9-4-7-3-5-1-2-8-6(5)9/h1-4,10H. The van der Waals surface area contributed by atoms with Crippen LogP contribution in [0.5, 0.6) is 0 Å². The zero-order valence-electron chi connectivity index (χ0n) is 5.10. The van der Waals surface area contributed by atoms with Gasteiger partial charge in [0, 0.05) is 18.0 Å². The molecule has 4 heteroatoms. The zero-order chi connectivity index (χ0) is 6.97. The van der Waals surface area contributed by atoms with Gasteiger partial charge in [-0.1, -0.05) is 12.8 Å². The SMILES string of the molecule is Sn1cncc2ccnc1-2. The Kier molecular flexibility index (Phi) is 1.14. The highest BCUT2D eigenvalue weighted by Gasteiger charge is 2.04. The highest BCUT2D eigenvalue weighted by Crippen LogP contribution is 2.17. The number of thiol groups is 1. The number of rotatable bonds is 0. The first-order chi connectivity index (χ1) is 4.88. The average molecular weight is 151 g/mol. The Morgan fingerprint density at radius 3 is 3.20 bits per heavy atom. The third-order valence-corrected chi connectivity index (χ3v) is 1.61. The van der Waals surface area contributed by atoms with E-state index < -0.39 is 0 Å². The first-order valence-corrected chi connectivity index (χ1v) is 3.24. The number of aromatic nitrogens is 3. The van der Waals surface area contributed by atoms with Gasteiger partial charge in [0.15, 0.2) is 5.82 Å². The molecule has 2 aliphatic rings. The van der Waals surface area contributed by atoms with Crippen LogP contribution in [0.25, 0.3) is 11.4 Å². The Balaban J connectivity index is 2.80. The first kappa shape index (κ1) is 5.73. The summed E-state index contributed by atoms with van der Waals surface area (Å²) in [5.74, 6) is 0.846. The van der Waals surface area contributed by atoms with Gasteiger partial charge in [0.2, 0.25) is 0 Å². The zero-order valence-corrected chi connectivity index (χ0v) is 5.99. The number of hydrogen-bond acceptors (Lipinski definition) is 3. The van der Waals surface area contributed by atoms with Crippen molar-refractivity contribution in [2.75, 3.05) is 0 Å². The molecule has 0 saturated carbocycles. The first-order valence-electron chi connectivity index (χ1n) is 2.84. The molecule has 10 heavy (non-hydrogen) atoms. The van der Waals surface area contributed by atoms with Gasteiger partial charge in [0.05, 0.1) is 0 Å². The maximum absolute atomic E-state index is 4.11. The second kappa shape index (κ2) is 1.98. The molecular formula is C6H5N3S. The molecule has 0 amide bonds. The van der Waals surface area contributed by atoms with Gasteiger partial charge in [-0.2, -0.15) is 0 Å². The lowest BCUT2D eigenvalue weighted by Gasteiger charge is -2.00. The van der Waals surface area contributed by atoms with Crippen LogP contribution in [0.2, 0.25) is 0 Å². The predicted octanol–water partition coefficient (Wildman–Crippen LogP) is 1.08. The Morgan fingerprint density at radius 1 is 1.50 bits per heavy atom. The summed E-state index contributed by atoms with van der Waals surface area (Å²) >= 11 is 4.11. The van der Waals surface area contributed by atoms with Crippen molar-refractivity contribution in [3.05, 3.63) is 24.8 Å². The fraction of sp³-hybridized carbons (Fsp3) is 0. The molecular weight excluding hydrogens is 146 g/mol. The van der Waals surface area contributed by atoms with E-state index in [-0.39, 0.29) is 0 Å². The molecule has 0 aromatic rings. The number of nitrogens with zero attached hydrogens (tertiary/aromatic N) is 3. The molecule has 50 valence electrons. The van der Waals surface area contributed by atoms with Gasteiger partial charge >= 0.3 is 0 Å². The summed E-state index contributed by atoms with van der Waals surface area (Å²) in [6.07, 6.45) is 5.10. The summed E-state index contributed by atoms with van der Waals surface area (Å²) in [6, 6.07) is 1.90. The van der Waals surface area contributed by atoms with Crippen LogP contribution in [0.1, 0.15) is 0 Å². The largest absolute Gasteiger partial charge is 0.260 e. The normalized spacial score (nSPS) is 10.5. The van der Waals surface area contributed by atoms with Crippen molar-refractivity contribution < 1.29 is 0 Å². The van der Waals surface area contributed by atoms with E-state index >= 15 is 0 Å². The topological polar surface area (TPSA) is 30.7 Å². The summed E-state index contributed by atoms with van der Waals surface area (Å²) in [6.45, 7) is 0. The maximum atomic E-state index is 4.11. The molecule has 2 rings (SSSR count). The predicted molar refractivity (Wildman–Crippen MR) is 41.0 cm³/mol. The van der Waals surface area contributed by atoms with Crippen LogP contribution in [-0.2, 0) is 0 Å². The molecule has 0 spiro atoms. The molecule has 0 aromatic heterocycles. The molecule has 0 radical (unpaired) electrons. The second-order valence-electron chi connectivity index (χ2n) is 1.96. The van der Waals surface area contributed by atoms with Crippen molar-refractivity contribution in [3.8, 4) is 11.4 Å². The minimum Gasteiger partial charge on any atom is -0.260 e. The number of hydrogen-bond donors (Lipinski definition) is 1. The Labute approximate surface area is 63.6 Å². The summed E-state index contributed by atoms with van der Waals surface area (Å²) in [7, 11) is 0. The van der Waals surface area contributed by atoms with Gasteiger partial charge in [-0.05, 0) is 6.07 Å². The van der Waals surface area contributed by atoms with Gasteiger partial charge < -0.3 is 0 Å². The summed E-state index contributed by atoms with van der Waals surface area (Å²) < 4.78 is 1.59. The highest BCUT2D eigenvalue weighted by molar-refractivity contribution is 7.78. The van der Waals surface area contributed by atoms with Gasteiger partial charge in [0.1, 0.15) is 6.33 Å². The molecule has 0 aromatic carbocycles. The van der Waals surface area contributed by atoms with Crippen LogP contribution in [0.15, 0.2) is 24.8 Å². The summed E-state index contributed by atoms with van der Waals surface area (Å²) in [5.41, 5.74) is 1.01. The van der Waals surface area contributed by atoms with Gasteiger partial charge in [-0.25, -0.2) is 9.97 Å². The highest BCUT2D eigenvalue weighted by atomic mass is 32.1. The quantitative estimate of drug-likeness (QED) is 0.571. The van der Waals surface area contributed by atoms with E-state index in [4.69, 9.17) is 0 Å². The van der Waals surface area contributed by atoms with Crippen LogP contribution in [0.4, 0.5) is 0 Å².